The monoisotopic (exact) mass is 198 g/mol. The van der Waals surface area contributed by atoms with Gasteiger partial charge in [0.15, 0.2) is 0 Å². The van der Waals surface area contributed by atoms with Gasteiger partial charge >= 0.3 is 0 Å². The van der Waals surface area contributed by atoms with Gasteiger partial charge in [-0.15, -0.1) is 0 Å². The van der Waals surface area contributed by atoms with Gasteiger partial charge in [-0.25, -0.2) is 0 Å². The first kappa shape index (κ1) is 11.5. The molecule has 1 aliphatic carbocycles. The van der Waals surface area contributed by atoms with Crippen molar-refractivity contribution in [3.05, 3.63) is 0 Å². The fraction of sp³-hybridized carbons (Fsp3) is 0.909. The van der Waals surface area contributed by atoms with Gasteiger partial charge in [0.25, 0.3) is 0 Å². The molecule has 1 aliphatic rings. The van der Waals surface area contributed by atoms with Crippen molar-refractivity contribution in [2.75, 3.05) is 7.05 Å². The molecule has 0 bridgehead atoms. The van der Waals surface area contributed by atoms with Gasteiger partial charge in [-0.05, 0) is 31.7 Å². The van der Waals surface area contributed by atoms with Crippen LogP contribution in [-0.4, -0.2) is 18.5 Å². The van der Waals surface area contributed by atoms with Crippen LogP contribution in [0.3, 0.4) is 0 Å². The fourth-order valence-corrected chi connectivity index (χ4v) is 2.84. The molecule has 1 amide bonds. The van der Waals surface area contributed by atoms with Crippen LogP contribution >= 0.6 is 0 Å². The third kappa shape index (κ3) is 1.78. The molecule has 0 aromatic heterocycles. The zero-order valence-electron chi connectivity index (χ0n) is 9.47. The molecule has 0 radical (unpaired) electrons. The molecular weight excluding hydrogens is 176 g/mol. The lowest BCUT2D eigenvalue weighted by Crippen LogP contribution is -2.61. The maximum absolute atomic E-state index is 11.6. The predicted molar refractivity (Wildman–Crippen MR) is 57.8 cm³/mol. The van der Waals surface area contributed by atoms with Crippen LogP contribution in [0.2, 0.25) is 0 Å². The maximum atomic E-state index is 11.6. The molecule has 0 heterocycles. The summed E-state index contributed by atoms with van der Waals surface area (Å²) in [7, 11) is 1.85. The van der Waals surface area contributed by atoms with E-state index in [0.29, 0.717) is 11.8 Å². The Morgan fingerprint density at radius 2 is 2.14 bits per heavy atom. The van der Waals surface area contributed by atoms with Gasteiger partial charge in [0.05, 0.1) is 0 Å². The molecule has 82 valence electrons. The number of amides is 1. The number of likely N-dealkylation sites (N-methyl/N-ethyl adjacent to an activating group) is 1. The SMILES string of the molecule is CNC1(C(N)=O)CCCCC1C(C)C. The van der Waals surface area contributed by atoms with Gasteiger partial charge in [0.2, 0.25) is 5.91 Å². The molecule has 2 atom stereocenters. The third-order valence-electron chi connectivity index (χ3n) is 3.66. The van der Waals surface area contributed by atoms with E-state index in [2.05, 4.69) is 19.2 Å². The minimum Gasteiger partial charge on any atom is -0.368 e. The van der Waals surface area contributed by atoms with E-state index in [4.69, 9.17) is 5.73 Å². The summed E-state index contributed by atoms with van der Waals surface area (Å²) < 4.78 is 0. The number of primary amides is 1. The summed E-state index contributed by atoms with van der Waals surface area (Å²) in [5, 5.41) is 3.17. The van der Waals surface area contributed by atoms with Crippen LogP contribution in [0.5, 0.6) is 0 Å². The molecule has 1 fully saturated rings. The van der Waals surface area contributed by atoms with Crippen molar-refractivity contribution in [3.63, 3.8) is 0 Å². The summed E-state index contributed by atoms with van der Waals surface area (Å²) >= 11 is 0. The van der Waals surface area contributed by atoms with Gasteiger partial charge in [-0.3, -0.25) is 4.79 Å². The van der Waals surface area contributed by atoms with Gasteiger partial charge in [-0.2, -0.15) is 0 Å². The molecule has 3 nitrogen and oxygen atoms in total. The average Bonchev–Trinajstić information content (AvgIpc) is 2.17. The summed E-state index contributed by atoms with van der Waals surface area (Å²) in [6.07, 6.45) is 4.33. The molecular formula is C11H22N2O. The van der Waals surface area contributed by atoms with E-state index in [0.717, 1.165) is 19.3 Å². The first-order valence-corrected chi connectivity index (χ1v) is 5.53. The number of hydrogen-bond donors (Lipinski definition) is 2. The second-order valence-corrected chi connectivity index (χ2v) is 4.68. The number of nitrogens with one attached hydrogen (secondary N) is 1. The maximum Gasteiger partial charge on any atom is 0.238 e. The van der Waals surface area contributed by atoms with Crippen molar-refractivity contribution in [3.8, 4) is 0 Å². The number of hydrogen-bond acceptors (Lipinski definition) is 2. The molecule has 0 spiro atoms. The van der Waals surface area contributed by atoms with E-state index in [1.54, 1.807) is 0 Å². The van der Waals surface area contributed by atoms with Crippen LogP contribution in [-0.2, 0) is 4.79 Å². The van der Waals surface area contributed by atoms with E-state index in [1.807, 2.05) is 7.05 Å². The molecule has 14 heavy (non-hydrogen) atoms. The second kappa shape index (κ2) is 4.30. The Morgan fingerprint density at radius 1 is 1.50 bits per heavy atom. The lowest BCUT2D eigenvalue weighted by molar-refractivity contribution is -0.129. The van der Waals surface area contributed by atoms with Crippen molar-refractivity contribution in [1.29, 1.82) is 0 Å². The summed E-state index contributed by atoms with van der Waals surface area (Å²) in [6, 6.07) is 0. The lowest BCUT2D eigenvalue weighted by atomic mass is 9.67. The number of nitrogens with two attached hydrogens (primary N) is 1. The smallest absolute Gasteiger partial charge is 0.238 e. The Hall–Kier alpha value is -0.570. The minimum absolute atomic E-state index is 0.182. The predicted octanol–water partition coefficient (Wildman–Crippen LogP) is 1.28. The summed E-state index contributed by atoms with van der Waals surface area (Å²) in [5.74, 6) is 0.715. The highest BCUT2D eigenvalue weighted by Gasteiger charge is 2.45. The van der Waals surface area contributed by atoms with Crippen molar-refractivity contribution in [1.82, 2.24) is 5.32 Å². The highest BCUT2D eigenvalue weighted by Crippen LogP contribution is 2.37. The van der Waals surface area contributed by atoms with E-state index in [9.17, 15) is 4.79 Å². The third-order valence-corrected chi connectivity index (χ3v) is 3.66. The molecule has 0 aromatic carbocycles. The van der Waals surface area contributed by atoms with E-state index in [1.165, 1.54) is 6.42 Å². The second-order valence-electron chi connectivity index (χ2n) is 4.68. The van der Waals surface area contributed by atoms with Crippen molar-refractivity contribution in [2.24, 2.45) is 17.6 Å². The van der Waals surface area contributed by atoms with Gasteiger partial charge in [0, 0.05) is 0 Å². The number of carbonyl (C=O) groups excluding carboxylic acids is 1. The van der Waals surface area contributed by atoms with Crippen LogP contribution in [0, 0.1) is 11.8 Å². The largest absolute Gasteiger partial charge is 0.368 e. The Labute approximate surface area is 86.4 Å². The minimum atomic E-state index is -0.452. The standard InChI is InChI=1S/C11H22N2O/c1-8(2)9-6-4-5-7-11(9,13-3)10(12)14/h8-9,13H,4-7H2,1-3H3,(H2,12,14). The van der Waals surface area contributed by atoms with Crippen LogP contribution < -0.4 is 11.1 Å². The van der Waals surface area contributed by atoms with Crippen LogP contribution in [0.15, 0.2) is 0 Å². The topological polar surface area (TPSA) is 55.1 Å². The summed E-state index contributed by atoms with van der Waals surface area (Å²) in [4.78, 5) is 11.6. The first-order chi connectivity index (χ1) is 6.54. The lowest BCUT2D eigenvalue weighted by Gasteiger charge is -2.43. The normalized spacial score (nSPS) is 33.3. The van der Waals surface area contributed by atoms with Crippen molar-refractivity contribution >= 4 is 5.91 Å². The molecule has 3 heteroatoms. The Bertz CT molecular complexity index is 215. The Kier molecular flexibility index (Phi) is 3.53. The molecule has 1 saturated carbocycles. The summed E-state index contributed by atoms with van der Waals surface area (Å²) in [6.45, 7) is 4.34. The summed E-state index contributed by atoms with van der Waals surface area (Å²) in [5.41, 5.74) is 5.09. The Morgan fingerprint density at radius 3 is 2.50 bits per heavy atom. The van der Waals surface area contributed by atoms with Crippen LogP contribution in [0.4, 0.5) is 0 Å². The van der Waals surface area contributed by atoms with Gasteiger partial charge in [0.1, 0.15) is 5.54 Å². The first-order valence-electron chi connectivity index (χ1n) is 5.53. The van der Waals surface area contributed by atoms with Crippen LogP contribution in [0.1, 0.15) is 39.5 Å². The van der Waals surface area contributed by atoms with E-state index in [-0.39, 0.29) is 5.91 Å². The van der Waals surface area contributed by atoms with Gasteiger partial charge in [-0.1, -0.05) is 26.7 Å². The van der Waals surface area contributed by atoms with Gasteiger partial charge < -0.3 is 11.1 Å². The van der Waals surface area contributed by atoms with E-state index < -0.39 is 5.54 Å². The molecule has 0 aliphatic heterocycles. The highest BCUT2D eigenvalue weighted by molar-refractivity contribution is 5.85. The van der Waals surface area contributed by atoms with Crippen molar-refractivity contribution < 1.29 is 4.79 Å². The molecule has 0 saturated heterocycles. The number of carbonyl (C=O) groups is 1. The number of rotatable bonds is 3. The fourth-order valence-electron chi connectivity index (χ4n) is 2.84. The Balaban J connectivity index is 2.93. The molecule has 3 N–H and O–H groups in total. The van der Waals surface area contributed by atoms with Crippen LogP contribution in [0.25, 0.3) is 0 Å². The van der Waals surface area contributed by atoms with Crippen molar-refractivity contribution in [2.45, 2.75) is 45.1 Å². The quantitative estimate of drug-likeness (QED) is 0.717. The molecule has 1 rings (SSSR count). The molecule has 2 unspecified atom stereocenters. The van der Waals surface area contributed by atoms with E-state index >= 15 is 0 Å². The zero-order valence-corrected chi connectivity index (χ0v) is 9.47. The zero-order chi connectivity index (χ0) is 10.8. The average molecular weight is 198 g/mol. The highest BCUT2D eigenvalue weighted by atomic mass is 16.1. The molecule has 0 aromatic rings.